The summed E-state index contributed by atoms with van der Waals surface area (Å²) in [6.07, 6.45) is 16.8. The van der Waals surface area contributed by atoms with Gasteiger partial charge in [-0.3, -0.25) is 0 Å². The first kappa shape index (κ1) is 27.8. The first-order chi connectivity index (χ1) is 13.4. The second kappa shape index (κ2) is 17.6. The normalized spacial score (nSPS) is 15.7. The van der Waals surface area contributed by atoms with Gasteiger partial charge in [0.1, 0.15) is 0 Å². The summed E-state index contributed by atoms with van der Waals surface area (Å²) in [6, 6.07) is 0. The topological polar surface area (TPSA) is 27.7 Å². The molecule has 3 nitrogen and oxygen atoms in total. The summed E-state index contributed by atoms with van der Waals surface area (Å²) in [7, 11) is -4.81. The van der Waals surface area contributed by atoms with E-state index in [1.807, 2.05) is 11.4 Å². The molecule has 28 heavy (non-hydrogen) atoms. The van der Waals surface area contributed by atoms with E-state index in [9.17, 15) is 0 Å². The van der Waals surface area contributed by atoms with Gasteiger partial charge in [0.25, 0.3) is 0 Å². The highest BCUT2D eigenvalue weighted by Gasteiger charge is 2.39. The average molecular weight is 429 g/mol. The van der Waals surface area contributed by atoms with Gasteiger partial charge in [0.2, 0.25) is 0 Å². The Morgan fingerprint density at radius 1 is 0.571 bits per heavy atom. The van der Waals surface area contributed by atoms with Crippen LogP contribution in [0.15, 0.2) is 24.6 Å². The lowest BCUT2D eigenvalue weighted by Gasteiger charge is -2.33. The van der Waals surface area contributed by atoms with E-state index in [0.717, 1.165) is 26.1 Å². The maximum Gasteiger partial charge on any atom is 0.352 e. The van der Waals surface area contributed by atoms with Crippen LogP contribution >= 0.6 is 0 Å². The second-order valence-corrected chi connectivity index (χ2v) is 14.4. The zero-order chi connectivity index (χ0) is 21.1. The van der Waals surface area contributed by atoms with Crippen molar-refractivity contribution in [2.45, 2.75) is 110 Å². The number of hydrogen-bond donors (Lipinski definition) is 0. The van der Waals surface area contributed by atoms with E-state index >= 15 is 0 Å². The zero-order valence-corrected chi connectivity index (χ0v) is 21.4. The highest BCUT2D eigenvalue weighted by atomic mass is 28.5. The molecule has 0 radical (unpaired) electrons. The van der Waals surface area contributed by atoms with Crippen LogP contribution in [0.5, 0.6) is 0 Å². The highest BCUT2D eigenvalue weighted by molar-refractivity contribution is 6.84. The van der Waals surface area contributed by atoms with Gasteiger partial charge >= 0.3 is 17.1 Å². The van der Waals surface area contributed by atoms with Crippen LogP contribution in [-0.2, 0) is 13.0 Å². The molecule has 2 unspecified atom stereocenters. The predicted octanol–water partition coefficient (Wildman–Crippen LogP) is 7.74. The van der Waals surface area contributed by atoms with Crippen molar-refractivity contribution in [3.8, 4) is 0 Å². The first-order valence-electron chi connectivity index (χ1n) is 11.7. The summed E-state index contributed by atoms with van der Waals surface area (Å²) in [5.74, 6) is 0. The molecule has 166 valence electrons. The molecule has 0 amide bonds. The van der Waals surface area contributed by atoms with Crippen LogP contribution in [0.2, 0.25) is 13.1 Å². The molecule has 0 aliphatic carbocycles. The molecule has 0 aliphatic rings. The average Bonchev–Trinajstić information content (AvgIpc) is 2.69. The first-order valence-corrected chi connectivity index (χ1v) is 16.5. The standard InChI is InChI=1S/C23H48O3Si2/c1-7-11-13-14-15-16-17-18-19-21-23-25-28(6,10-4)26-27(5,9-3)24-22-20-12-8-2/h9-10H,3-4,7-8,11-23H2,1-2,5-6H3. The maximum atomic E-state index is 6.39. The van der Waals surface area contributed by atoms with Crippen molar-refractivity contribution in [2.75, 3.05) is 13.2 Å². The maximum absolute atomic E-state index is 6.39. The van der Waals surface area contributed by atoms with Crippen molar-refractivity contribution in [3.63, 3.8) is 0 Å². The summed E-state index contributed by atoms with van der Waals surface area (Å²) in [4.78, 5) is 0. The van der Waals surface area contributed by atoms with Crippen molar-refractivity contribution in [1.29, 1.82) is 0 Å². The van der Waals surface area contributed by atoms with Crippen LogP contribution in [0.4, 0.5) is 0 Å². The van der Waals surface area contributed by atoms with E-state index in [1.165, 1.54) is 70.6 Å². The van der Waals surface area contributed by atoms with Gasteiger partial charge in [0.05, 0.1) is 0 Å². The minimum absolute atomic E-state index is 0.739. The number of unbranched alkanes of at least 4 members (excludes halogenated alkanes) is 11. The Hall–Kier alpha value is -0.206. The van der Waals surface area contributed by atoms with Crippen LogP contribution in [0.3, 0.4) is 0 Å². The SMILES string of the molecule is C=C[Si](C)(OCCCCC)O[Si](C)(C=C)OCCCCCCCCCCCC. The Kier molecular flexibility index (Phi) is 17.5. The molecule has 0 aromatic heterocycles. The van der Waals surface area contributed by atoms with E-state index in [4.69, 9.17) is 13.0 Å². The third-order valence-corrected chi connectivity index (χ3v) is 11.5. The summed E-state index contributed by atoms with van der Waals surface area (Å²) < 4.78 is 18.7. The Morgan fingerprint density at radius 2 is 0.893 bits per heavy atom. The Bertz CT molecular complexity index is 392. The molecule has 0 saturated carbocycles. The number of rotatable bonds is 21. The molecule has 0 aromatic carbocycles. The van der Waals surface area contributed by atoms with Crippen LogP contribution < -0.4 is 0 Å². The molecule has 0 heterocycles. The second-order valence-electron chi connectivity index (χ2n) is 8.13. The molecule has 0 aromatic rings. The van der Waals surface area contributed by atoms with Gasteiger partial charge in [-0.15, -0.1) is 13.2 Å². The summed E-state index contributed by atoms with van der Waals surface area (Å²) >= 11 is 0. The largest absolute Gasteiger partial charge is 0.409 e. The van der Waals surface area contributed by atoms with E-state index < -0.39 is 17.1 Å². The van der Waals surface area contributed by atoms with Crippen LogP contribution in [0, 0.1) is 0 Å². The fraction of sp³-hybridized carbons (Fsp3) is 0.826. The molecule has 0 rings (SSSR count). The molecule has 0 fully saturated rings. The lowest BCUT2D eigenvalue weighted by Crippen LogP contribution is -2.50. The lowest BCUT2D eigenvalue weighted by molar-refractivity contribution is 0.197. The van der Waals surface area contributed by atoms with Gasteiger partial charge < -0.3 is 13.0 Å². The van der Waals surface area contributed by atoms with Gasteiger partial charge in [0, 0.05) is 13.2 Å². The summed E-state index contributed by atoms with van der Waals surface area (Å²) in [5, 5.41) is 0. The molecule has 5 heteroatoms. The lowest BCUT2D eigenvalue weighted by atomic mass is 10.1. The minimum Gasteiger partial charge on any atom is -0.409 e. The van der Waals surface area contributed by atoms with E-state index in [1.54, 1.807) is 0 Å². The van der Waals surface area contributed by atoms with Gasteiger partial charge in [0.15, 0.2) is 0 Å². The molecule has 0 N–H and O–H groups in total. The Morgan fingerprint density at radius 3 is 1.29 bits per heavy atom. The van der Waals surface area contributed by atoms with E-state index in [0.29, 0.717) is 0 Å². The molecule has 0 bridgehead atoms. The molecule has 0 aliphatic heterocycles. The third-order valence-electron chi connectivity index (χ3n) is 5.17. The van der Waals surface area contributed by atoms with E-state index in [-0.39, 0.29) is 0 Å². The van der Waals surface area contributed by atoms with Crippen molar-refractivity contribution in [1.82, 2.24) is 0 Å². The van der Waals surface area contributed by atoms with E-state index in [2.05, 4.69) is 40.1 Å². The van der Waals surface area contributed by atoms with Crippen LogP contribution in [-0.4, -0.2) is 30.3 Å². The fourth-order valence-corrected chi connectivity index (χ4v) is 8.85. The third kappa shape index (κ3) is 14.7. The van der Waals surface area contributed by atoms with Crippen LogP contribution in [0.25, 0.3) is 0 Å². The van der Waals surface area contributed by atoms with Crippen molar-refractivity contribution in [2.24, 2.45) is 0 Å². The van der Waals surface area contributed by atoms with Gasteiger partial charge in [-0.25, -0.2) is 0 Å². The monoisotopic (exact) mass is 428 g/mol. The Labute approximate surface area is 178 Å². The highest BCUT2D eigenvalue weighted by Crippen LogP contribution is 2.20. The quantitative estimate of drug-likeness (QED) is 0.138. The van der Waals surface area contributed by atoms with Gasteiger partial charge in [-0.1, -0.05) is 95.9 Å². The smallest absolute Gasteiger partial charge is 0.352 e. The van der Waals surface area contributed by atoms with Crippen molar-refractivity contribution in [3.05, 3.63) is 24.6 Å². The fourth-order valence-electron chi connectivity index (χ4n) is 3.15. The van der Waals surface area contributed by atoms with Gasteiger partial charge in [-0.05, 0) is 25.9 Å². The molecule has 0 spiro atoms. The Balaban J connectivity index is 3.99. The zero-order valence-electron chi connectivity index (χ0n) is 19.4. The summed E-state index contributed by atoms with van der Waals surface area (Å²) in [6.45, 7) is 18.0. The minimum atomic E-state index is -2.41. The molecule has 0 saturated heterocycles. The molecule has 2 atom stereocenters. The van der Waals surface area contributed by atoms with Gasteiger partial charge in [-0.2, -0.15) is 0 Å². The molecular formula is C23H48O3Si2. The summed E-state index contributed by atoms with van der Waals surface area (Å²) in [5.41, 5.74) is 3.75. The van der Waals surface area contributed by atoms with Crippen LogP contribution in [0.1, 0.15) is 97.3 Å². The van der Waals surface area contributed by atoms with Crippen molar-refractivity contribution < 1.29 is 13.0 Å². The number of hydrogen-bond acceptors (Lipinski definition) is 3. The predicted molar refractivity (Wildman–Crippen MR) is 128 cm³/mol. The van der Waals surface area contributed by atoms with Crippen molar-refractivity contribution >= 4 is 17.1 Å². The molecular weight excluding hydrogens is 380 g/mol.